The molecule has 0 saturated carbocycles. The molecule has 0 bridgehead atoms. The lowest BCUT2D eigenvalue weighted by molar-refractivity contribution is -0.142. The maximum absolute atomic E-state index is 14.8. The van der Waals surface area contributed by atoms with Crippen molar-refractivity contribution in [2.75, 3.05) is 7.05 Å². The van der Waals surface area contributed by atoms with Crippen molar-refractivity contribution in [2.24, 2.45) is 11.7 Å². The number of rotatable bonds is 24. The fourth-order valence-corrected chi connectivity index (χ4v) is 8.58. The number of likely N-dealkylation sites (N-methyl/N-ethyl adjacent to an activating group) is 1. The average Bonchev–Trinajstić information content (AvgIpc) is 3.60. The van der Waals surface area contributed by atoms with Gasteiger partial charge in [0.2, 0.25) is 41.4 Å². The number of aliphatic carboxylic acids is 1. The summed E-state index contributed by atoms with van der Waals surface area (Å²) in [5, 5.41) is 140. The predicted molar refractivity (Wildman–Crippen MR) is 285 cm³/mol. The third kappa shape index (κ3) is 15.8. The van der Waals surface area contributed by atoms with Crippen LogP contribution in [0.3, 0.4) is 0 Å². The molecule has 0 saturated heterocycles. The summed E-state index contributed by atoms with van der Waals surface area (Å²) in [6, 6.07) is -2.51. The van der Waals surface area contributed by atoms with E-state index < -0.39 is 186 Å². The molecule has 82 heavy (non-hydrogen) atoms. The zero-order valence-corrected chi connectivity index (χ0v) is 44.6. The van der Waals surface area contributed by atoms with Crippen LogP contribution < -0.4 is 43.0 Å². The molecule has 0 radical (unpaired) electrons. The van der Waals surface area contributed by atoms with Crippen molar-refractivity contribution in [2.45, 2.75) is 75.1 Å². The van der Waals surface area contributed by atoms with Crippen molar-refractivity contribution in [3.63, 3.8) is 0 Å². The van der Waals surface area contributed by atoms with Gasteiger partial charge in [0.05, 0.1) is 22.5 Å². The fourth-order valence-electron chi connectivity index (χ4n) is 8.13. The number of carbonyl (C=O) groups is 8. The van der Waals surface area contributed by atoms with Gasteiger partial charge in [-0.3, -0.25) is 33.6 Å². The molecule has 5 aromatic rings. The zero-order chi connectivity index (χ0) is 61.2. The van der Waals surface area contributed by atoms with E-state index in [9.17, 15) is 99.6 Å². The van der Waals surface area contributed by atoms with Gasteiger partial charge in [0.15, 0.2) is 46.3 Å². The fraction of sp³-hybridized carbons (Fsp3) is 0.269. The summed E-state index contributed by atoms with van der Waals surface area (Å²) in [5.41, 5.74) is 3.43. The van der Waals surface area contributed by atoms with Crippen LogP contribution in [-0.2, 0) is 38.4 Å². The third-order valence-electron chi connectivity index (χ3n) is 12.2. The van der Waals surface area contributed by atoms with Gasteiger partial charge in [-0.05, 0) is 108 Å². The lowest BCUT2D eigenvalue weighted by atomic mass is 9.98. The second-order valence-corrected chi connectivity index (χ2v) is 19.6. The first-order chi connectivity index (χ1) is 38.4. The highest BCUT2D eigenvalue weighted by atomic mass is 35.5. The number of amides is 7. The van der Waals surface area contributed by atoms with E-state index in [4.69, 9.17) is 28.9 Å². The van der Waals surface area contributed by atoms with Gasteiger partial charge in [-0.2, -0.15) is 0 Å². The van der Waals surface area contributed by atoms with E-state index in [1.165, 1.54) is 7.05 Å². The Kier molecular flexibility index (Phi) is 20.8. The van der Waals surface area contributed by atoms with E-state index in [1.807, 2.05) is 0 Å². The van der Waals surface area contributed by atoms with Crippen molar-refractivity contribution in [3.05, 3.63) is 117 Å². The molecular formula is C52H56Cl2N8O20. The zero-order valence-electron chi connectivity index (χ0n) is 43.1. The molecule has 21 N–H and O–H groups in total. The van der Waals surface area contributed by atoms with Gasteiger partial charge in [0.1, 0.15) is 53.6 Å². The molecule has 0 aliphatic rings. The normalized spacial score (nSPS) is 14.1. The van der Waals surface area contributed by atoms with Gasteiger partial charge in [-0.1, -0.05) is 49.2 Å². The van der Waals surface area contributed by atoms with Gasteiger partial charge in [0, 0.05) is 6.07 Å². The maximum atomic E-state index is 14.8. The van der Waals surface area contributed by atoms with Crippen LogP contribution in [0.5, 0.6) is 57.5 Å². The molecule has 0 spiro atoms. The first-order valence-corrected chi connectivity index (χ1v) is 24.8. The number of aliphatic hydroxyl groups is 1. The number of nitrogens with two attached hydrogens (primary N) is 1. The van der Waals surface area contributed by atoms with Crippen molar-refractivity contribution in [1.29, 1.82) is 0 Å². The van der Waals surface area contributed by atoms with Gasteiger partial charge >= 0.3 is 5.97 Å². The molecular weight excluding hydrogens is 1130 g/mol. The minimum Gasteiger partial charge on any atom is -0.508 e. The van der Waals surface area contributed by atoms with Crippen LogP contribution >= 0.6 is 23.2 Å². The smallest absolute Gasteiger partial charge is 0.330 e. The highest BCUT2D eigenvalue weighted by Gasteiger charge is 2.39. The van der Waals surface area contributed by atoms with E-state index in [0.717, 1.165) is 66.7 Å². The van der Waals surface area contributed by atoms with Crippen LogP contribution in [0.25, 0.3) is 0 Å². The van der Waals surface area contributed by atoms with Crippen molar-refractivity contribution in [3.8, 4) is 57.5 Å². The number of carboxylic acids is 1. The monoisotopic (exact) mass is 1180 g/mol. The van der Waals surface area contributed by atoms with Crippen LogP contribution in [0.4, 0.5) is 0 Å². The standard InChI is InChI=1S/C52H56Cl2N8O20/c1-19(2)8-30(56-3)46(75)62-41(42(71)24-12-29(54)44(73)33(67)16-24)51(80)57-31(18-36(55)70)47(76)58-39(23-14-34(68)45(74)35(69)15-23)49(78)59-37(20-4-6-25(63)7-5-20)48(77)60-38(22-11-28(53)43(72)32(66)13-22)50(79)61-40(52(81)82)21-9-26(64)17-27(65)10-21/h4-7,9-17,19,30-31,37-42,56,63-69,71-74H,8,18H2,1-3H3,(H2,55,70)(H,57,80)(H,58,76)(H,59,78)(H,60,77)(H,61,79)(H,62,75)(H,81,82)/t30-,31+,37?,38+,39-,40?,41-,42+/m1/s1. The number of phenols is 10. The highest BCUT2D eigenvalue weighted by molar-refractivity contribution is 6.32. The van der Waals surface area contributed by atoms with E-state index in [2.05, 4.69) is 37.2 Å². The molecule has 5 aromatic carbocycles. The highest BCUT2D eigenvalue weighted by Crippen LogP contribution is 2.40. The summed E-state index contributed by atoms with van der Waals surface area (Å²) in [6.07, 6.45) is -3.08. The Morgan fingerprint density at radius 2 is 0.866 bits per heavy atom. The molecule has 0 aliphatic carbocycles. The number of primary amides is 1. The first-order valence-electron chi connectivity index (χ1n) is 24.1. The number of carboxylic acid groups (broad SMARTS) is 1. The Morgan fingerprint density at radius 1 is 0.463 bits per heavy atom. The Labute approximate surface area is 473 Å². The lowest BCUT2D eigenvalue weighted by Crippen LogP contribution is -2.59. The van der Waals surface area contributed by atoms with E-state index in [0.29, 0.717) is 12.1 Å². The van der Waals surface area contributed by atoms with Gasteiger partial charge in [-0.15, -0.1) is 0 Å². The second kappa shape index (κ2) is 27.0. The van der Waals surface area contributed by atoms with Crippen LogP contribution in [0.1, 0.15) is 84.8 Å². The van der Waals surface area contributed by atoms with Crippen LogP contribution in [0.15, 0.2) is 78.9 Å². The SMILES string of the molecule is CN[C@H](CC(C)C)C(=O)N[C@@H](C(=O)N[C@@H](CC(N)=O)C(=O)N[C@@H](C(=O)NC(C(=O)N[C@H](C(=O)NC(C(=O)O)c1cc(O)cc(O)c1)c1cc(O)c(O)c(Cl)c1)c1ccc(O)cc1)c1cc(O)c(O)c(O)c1)[C@@H](O)c1cc(O)c(O)c(Cl)c1. The van der Waals surface area contributed by atoms with Crippen LogP contribution in [0, 0.1) is 5.92 Å². The predicted octanol–water partition coefficient (Wildman–Crippen LogP) is 1.08. The van der Waals surface area contributed by atoms with E-state index in [-0.39, 0.29) is 23.5 Å². The molecule has 0 aromatic heterocycles. The molecule has 8 atom stereocenters. The van der Waals surface area contributed by atoms with Crippen LogP contribution in [-0.4, -0.2) is 134 Å². The van der Waals surface area contributed by atoms with Gasteiger partial charge < -0.3 is 104 Å². The van der Waals surface area contributed by atoms with Crippen molar-refractivity contribution in [1.82, 2.24) is 37.2 Å². The van der Waals surface area contributed by atoms with Crippen molar-refractivity contribution >= 4 is 70.5 Å². The van der Waals surface area contributed by atoms with Gasteiger partial charge in [0.25, 0.3) is 0 Å². The number of hydrogen-bond acceptors (Lipinski definition) is 20. The number of aromatic hydroxyl groups is 10. The molecule has 0 heterocycles. The molecule has 28 nitrogen and oxygen atoms in total. The number of carbonyl (C=O) groups excluding carboxylic acids is 7. The minimum absolute atomic E-state index is 0.108. The second-order valence-electron chi connectivity index (χ2n) is 18.8. The topological polar surface area (TPSA) is 490 Å². The summed E-state index contributed by atoms with van der Waals surface area (Å²) < 4.78 is 0. The Hall–Kier alpha value is -9.64. The molecule has 2 unspecified atom stereocenters. The summed E-state index contributed by atoms with van der Waals surface area (Å²) in [6.45, 7) is 3.55. The molecule has 5 rings (SSSR count). The number of halogens is 2. The summed E-state index contributed by atoms with van der Waals surface area (Å²) >= 11 is 12.2. The molecule has 30 heteroatoms. The van der Waals surface area contributed by atoms with Gasteiger partial charge in [-0.25, -0.2) is 4.79 Å². The number of nitrogens with one attached hydrogen (secondary N) is 7. The van der Waals surface area contributed by atoms with E-state index in [1.54, 1.807) is 13.8 Å². The average molecular weight is 1180 g/mol. The third-order valence-corrected chi connectivity index (χ3v) is 12.8. The quantitative estimate of drug-likeness (QED) is 0.0384. The maximum Gasteiger partial charge on any atom is 0.330 e. The van der Waals surface area contributed by atoms with Crippen molar-refractivity contribution < 1.29 is 99.6 Å². The molecule has 7 amide bonds. The first kappa shape index (κ1) is 63.2. The summed E-state index contributed by atoms with van der Waals surface area (Å²) in [7, 11) is 1.42. The molecule has 0 fully saturated rings. The van der Waals surface area contributed by atoms with E-state index >= 15 is 0 Å². The number of phenolic OH excluding ortho intramolecular Hbond substituents is 10. The Bertz CT molecular complexity index is 3190. The summed E-state index contributed by atoms with van der Waals surface area (Å²) in [5.74, 6) is -19.8. The minimum atomic E-state index is -2.30. The lowest BCUT2D eigenvalue weighted by Gasteiger charge is -2.29. The summed E-state index contributed by atoms with van der Waals surface area (Å²) in [4.78, 5) is 111. The number of hydrogen-bond donors (Lipinski definition) is 20. The Morgan fingerprint density at radius 3 is 1.32 bits per heavy atom. The number of benzene rings is 5. The van der Waals surface area contributed by atoms with Crippen LogP contribution in [0.2, 0.25) is 10.0 Å². The number of aliphatic hydroxyl groups excluding tert-OH is 1. The molecule has 0 aliphatic heterocycles. The Balaban J connectivity index is 1.58. The largest absolute Gasteiger partial charge is 0.508 e. The molecule has 438 valence electrons.